The van der Waals surface area contributed by atoms with Crippen molar-refractivity contribution in [2.45, 2.75) is 26.4 Å². The van der Waals surface area contributed by atoms with E-state index in [0.717, 1.165) is 37.0 Å². The number of carbonyl (C=O) groups excluding carboxylic acids is 1. The first-order valence-corrected chi connectivity index (χ1v) is 8.69. The Kier molecular flexibility index (Phi) is 4.24. The number of ether oxygens (including phenoxy) is 1. The Morgan fingerprint density at radius 1 is 1.28 bits per heavy atom. The van der Waals surface area contributed by atoms with E-state index in [4.69, 9.17) is 4.74 Å². The number of nitrogens with one attached hydrogen (secondary N) is 1. The fraction of sp³-hybridized carbons (Fsp3) is 0.300. The van der Waals surface area contributed by atoms with Gasteiger partial charge in [-0.3, -0.25) is 4.98 Å². The quantitative estimate of drug-likeness (QED) is 0.745. The third-order valence-corrected chi connectivity index (χ3v) is 4.73. The fourth-order valence-corrected chi connectivity index (χ4v) is 3.65. The van der Waals surface area contributed by atoms with E-state index in [0.29, 0.717) is 12.2 Å². The van der Waals surface area contributed by atoms with Gasteiger partial charge in [0, 0.05) is 49.5 Å². The van der Waals surface area contributed by atoms with Crippen molar-refractivity contribution in [3.05, 3.63) is 65.1 Å². The van der Waals surface area contributed by atoms with E-state index in [1.54, 1.807) is 12.4 Å². The van der Waals surface area contributed by atoms with Crippen molar-refractivity contribution in [1.82, 2.24) is 14.9 Å². The van der Waals surface area contributed by atoms with E-state index in [9.17, 15) is 4.79 Å². The molecule has 3 heterocycles. The Morgan fingerprint density at radius 2 is 2.12 bits per heavy atom. The maximum Gasteiger partial charge on any atom is 0.340 e. The summed E-state index contributed by atoms with van der Waals surface area (Å²) in [5.41, 5.74) is 5.39. The van der Waals surface area contributed by atoms with Gasteiger partial charge >= 0.3 is 5.97 Å². The van der Waals surface area contributed by atoms with Crippen LogP contribution in [0.4, 0.5) is 0 Å². The van der Waals surface area contributed by atoms with Gasteiger partial charge in [-0.2, -0.15) is 0 Å². The van der Waals surface area contributed by atoms with Crippen molar-refractivity contribution in [2.75, 3.05) is 13.2 Å². The molecule has 4 rings (SSSR count). The number of benzene rings is 1. The predicted molar refractivity (Wildman–Crippen MR) is 96.6 cm³/mol. The molecule has 0 atom stereocenters. The molecule has 2 aromatic heterocycles. The van der Waals surface area contributed by atoms with E-state index in [1.165, 1.54) is 16.8 Å². The van der Waals surface area contributed by atoms with Crippen LogP contribution < -0.4 is 5.32 Å². The number of para-hydroxylation sites is 1. The highest BCUT2D eigenvalue weighted by Crippen LogP contribution is 2.32. The monoisotopic (exact) mass is 335 g/mol. The summed E-state index contributed by atoms with van der Waals surface area (Å²) in [6, 6.07) is 9.95. The Bertz CT molecular complexity index is 916. The standard InChI is InChI=1S/C20H21N3O2/c1-2-25-20(24)16-5-3-4-15-17-12-22-11-8-18(17)23(19(15)16)13-14-6-9-21-10-7-14/h3-7,9-10,22H,2,8,11-13H2,1H3. The van der Waals surface area contributed by atoms with Crippen LogP contribution in [-0.4, -0.2) is 28.7 Å². The molecule has 5 heteroatoms. The number of aromatic nitrogens is 2. The first kappa shape index (κ1) is 15.8. The average Bonchev–Trinajstić information content (AvgIpc) is 2.97. The molecule has 5 nitrogen and oxygen atoms in total. The normalized spacial score (nSPS) is 13.6. The average molecular weight is 335 g/mol. The van der Waals surface area contributed by atoms with Crippen molar-refractivity contribution in [2.24, 2.45) is 0 Å². The van der Waals surface area contributed by atoms with Crippen LogP contribution in [-0.2, 0) is 24.2 Å². The first-order valence-electron chi connectivity index (χ1n) is 8.69. The van der Waals surface area contributed by atoms with Crippen LogP contribution in [0, 0.1) is 0 Å². The fourth-order valence-electron chi connectivity index (χ4n) is 3.65. The summed E-state index contributed by atoms with van der Waals surface area (Å²) in [6.07, 6.45) is 4.57. The third kappa shape index (κ3) is 2.81. The molecule has 25 heavy (non-hydrogen) atoms. The van der Waals surface area contributed by atoms with E-state index in [2.05, 4.69) is 20.9 Å². The maximum absolute atomic E-state index is 12.5. The Morgan fingerprint density at radius 3 is 2.92 bits per heavy atom. The molecule has 0 amide bonds. The lowest BCUT2D eigenvalue weighted by Gasteiger charge is -2.17. The molecule has 3 aromatic rings. The minimum absolute atomic E-state index is 0.258. The molecule has 128 valence electrons. The van der Waals surface area contributed by atoms with Crippen LogP contribution in [0.2, 0.25) is 0 Å². The van der Waals surface area contributed by atoms with E-state index >= 15 is 0 Å². The number of hydrogen-bond acceptors (Lipinski definition) is 4. The summed E-state index contributed by atoms with van der Waals surface area (Å²) in [5, 5.41) is 4.59. The maximum atomic E-state index is 12.5. The molecular formula is C20H21N3O2. The van der Waals surface area contributed by atoms with E-state index in [-0.39, 0.29) is 5.97 Å². The van der Waals surface area contributed by atoms with Crippen LogP contribution in [0.15, 0.2) is 42.7 Å². The molecular weight excluding hydrogens is 314 g/mol. The summed E-state index contributed by atoms with van der Waals surface area (Å²) < 4.78 is 7.58. The zero-order valence-electron chi connectivity index (χ0n) is 14.3. The summed E-state index contributed by atoms with van der Waals surface area (Å²) in [7, 11) is 0. The molecule has 0 fully saturated rings. The highest BCUT2D eigenvalue weighted by Gasteiger charge is 2.24. The van der Waals surface area contributed by atoms with Crippen LogP contribution in [0.3, 0.4) is 0 Å². The number of pyridine rings is 1. The van der Waals surface area contributed by atoms with Gasteiger partial charge in [-0.25, -0.2) is 4.79 Å². The second kappa shape index (κ2) is 6.69. The smallest absolute Gasteiger partial charge is 0.340 e. The van der Waals surface area contributed by atoms with Gasteiger partial charge in [0.25, 0.3) is 0 Å². The van der Waals surface area contributed by atoms with Gasteiger partial charge in [0.2, 0.25) is 0 Å². The molecule has 1 aliphatic heterocycles. The zero-order chi connectivity index (χ0) is 17.2. The summed E-state index contributed by atoms with van der Waals surface area (Å²) >= 11 is 0. The van der Waals surface area contributed by atoms with Gasteiger partial charge < -0.3 is 14.6 Å². The van der Waals surface area contributed by atoms with Gasteiger partial charge in [0.1, 0.15) is 0 Å². The van der Waals surface area contributed by atoms with E-state index in [1.807, 2.05) is 31.2 Å². The number of carbonyl (C=O) groups is 1. The summed E-state index contributed by atoms with van der Waals surface area (Å²) in [5.74, 6) is -0.258. The highest BCUT2D eigenvalue weighted by atomic mass is 16.5. The SMILES string of the molecule is CCOC(=O)c1cccc2c3c(n(Cc4ccncc4)c12)CCNC3. The van der Waals surface area contributed by atoms with Crippen molar-refractivity contribution in [3.8, 4) is 0 Å². The second-order valence-electron chi connectivity index (χ2n) is 6.22. The van der Waals surface area contributed by atoms with Crippen molar-refractivity contribution in [3.63, 3.8) is 0 Å². The third-order valence-electron chi connectivity index (χ3n) is 4.73. The molecule has 0 radical (unpaired) electrons. The number of rotatable bonds is 4. The number of esters is 1. The van der Waals surface area contributed by atoms with Crippen molar-refractivity contribution >= 4 is 16.9 Å². The minimum atomic E-state index is -0.258. The topological polar surface area (TPSA) is 56.2 Å². The van der Waals surface area contributed by atoms with Crippen molar-refractivity contribution in [1.29, 1.82) is 0 Å². The largest absolute Gasteiger partial charge is 0.462 e. The van der Waals surface area contributed by atoms with Gasteiger partial charge in [0.15, 0.2) is 0 Å². The van der Waals surface area contributed by atoms with Crippen LogP contribution in [0.25, 0.3) is 10.9 Å². The lowest BCUT2D eigenvalue weighted by atomic mass is 10.0. The second-order valence-corrected chi connectivity index (χ2v) is 6.22. The van der Waals surface area contributed by atoms with Gasteiger partial charge in [0.05, 0.1) is 17.7 Å². The molecule has 0 spiro atoms. The van der Waals surface area contributed by atoms with E-state index < -0.39 is 0 Å². The Hall–Kier alpha value is -2.66. The molecule has 1 aromatic carbocycles. The van der Waals surface area contributed by atoms with Crippen LogP contribution in [0.1, 0.15) is 34.1 Å². The molecule has 0 aliphatic carbocycles. The van der Waals surface area contributed by atoms with Gasteiger partial charge in [-0.05, 0) is 36.2 Å². The van der Waals surface area contributed by atoms with Gasteiger partial charge in [-0.15, -0.1) is 0 Å². The summed E-state index contributed by atoms with van der Waals surface area (Å²) in [4.78, 5) is 16.6. The lowest BCUT2D eigenvalue weighted by Crippen LogP contribution is -2.24. The molecule has 1 aliphatic rings. The first-order chi connectivity index (χ1) is 12.3. The predicted octanol–water partition coefficient (Wildman–Crippen LogP) is 2.91. The minimum Gasteiger partial charge on any atom is -0.462 e. The van der Waals surface area contributed by atoms with Crippen LogP contribution >= 0.6 is 0 Å². The molecule has 1 N–H and O–H groups in total. The number of fused-ring (bicyclic) bond motifs is 3. The summed E-state index contributed by atoms with van der Waals surface area (Å²) in [6.45, 7) is 4.73. The van der Waals surface area contributed by atoms with Gasteiger partial charge in [-0.1, -0.05) is 12.1 Å². The Labute approximate surface area is 146 Å². The molecule has 0 saturated heterocycles. The lowest BCUT2D eigenvalue weighted by molar-refractivity contribution is 0.0528. The van der Waals surface area contributed by atoms with Crippen LogP contribution in [0.5, 0.6) is 0 Å². The highest BCUT2D eigenvalue weighted by molar-refractivity contribution is 6.04. The number of hydrogen-bond donors (Lipinski definition) is 1. The molecule has 0 unspecified atom stereocenters. The molecule has 0 saturated carbocycles. The Balaban J connectivity index is 1.93. The zero-order valence-corrected chi connectivity index (χ0v) is 14.3. The van der Waals surface area contributed by atoms with Crippen molar-refractivity contribution < 1.29 is 9.53 Å². The molecule has 0 bridgehead atoms. The number of nitrogens with zero attached hydrogens (tertiary/aromatic N) is 2.